The lowest BCUT2D eigenvalue weighted by molar-refractivity contribution is 0.262. The topological polar surface area (TPSA) is 66.9 Å². The lowest BCUT2D eigenvalue weighted by Gasteiger charge is -2.07. The standard InChI is InChI=1S/C13H13ClN4O/c1-8-3-5-10(6-4-8)16-13(19)18-12-15-9(2)7-11(14)17-12/h3-7H,1-2H3,(H2,15,16,17,18,19). The highest BCUT2D eigenvalue weighted by Gasteiger charge is 2.06. The van der Waals surface area contributed by atoms with Crippen molar-refractivity contribution in [3.63, 3.8) is 0 Å². The van der Waals surface area contributed by atoms with Crippen LogP contribution in [-0.4, -0.2) is 16.0 Å². The predicted molar refractivity (Wildman–Crippen MR) is 75.6 cm³/mol. The Morgan fingerprint density at radius 1 is 1.11 bits per heavy atom. The van der Waals surface area contributed by atoms with Crippen LogP contribution in [0.2, 0.25) is 5.15 Å². The fraction of sp³-hybridized carbons (Fsp3) is 0.154. The molecule has 2 N–H and O–H groups in total. The quantitative estimate of drug-likeness (QED) is 0.826. The third-order valence-electron chi connectivity index (χ3n) is 2.36. The molecule has 2 amide bonds. The van der Waals surface area contributed by atoms with Crippen molar-refractivity contribution in [1.29, 1.82) is 0 Å². The maximum Gasteiger partial charge on any atom is 0.326 e. The molecule has 2 rings (SSSR count). The van der Waals surface area contributed by atoms with E-state index in [0.717, 1.165) is 5.56 Å². The highest BCUT2D eigenvalue weighted by Crippen LogP contribution is 2.11. The first-order chi connectivity index (χ1) is 9.02. The van der Waals surface area contributed by atoms with Crippen molar-refractivity contribution in [1.82, 2.24) is 9.97 Å². The molecule has 1 aromatic heterocycles. The van der Waals surface area contributed by atoms with Crippen molar-refractivity contribution in [3.8, 4) is 0 Å². The van der Waals surface area contributed by atoms with Crippen LogP contribution in [0.25, 0.3) is 0 Å². The Hall–Kier alpha value is -2.14. The molecule has 0 saturated heterocycles. The van der Waals surface area contributed by atoms with Crippen LogP contribution in [0.4, 0.5) is 16.4 Å². The van der Waals surface area contributed by atoms with E-state index < -0.39 is 6.03 Å². The molecular formula is C13H13ClN4O. The molecule has 0 spiro atoms. The van der Waals surface area contributed by atoms with E-state index in [-0.39, 0.29) is 11.1 Å². The fourth-order valence-corrected chi connectivity index (χ4v) is 1.72. The van der Waals surface area contributed by atoms with Crippen molar-refractivity contribution < 1.29 is 4.79 Å². The van der Waals surface area contributed by atoms with E-state index in [1.54, 1.807) is 13.0 Å². The number of aromatic nitrogens is 2. The van der Waals surface area contributed by atoms with Crippen LogP contribution >= 0.6 is 11.6 Å². The first-order valence-electron chi connectivity index (χ1n) is 5.69. The van der Waals surface area contributed by atoms with Crippen molar-refractivity contribution in [3.05, 3.63) is 46.7 Å². The van der Waals surface area contributed by atoms with E-state index in [1.165, 1.54) is 0 Å². The zero-order chi connectivity index (χ0) is 13.8. The number of carbonyl (C=O) groups is 1. The number of amides is 2. The van der Waals surface area contributed by atoms with Crippen LogP contribution in [0.1, 0.15) is 11.3 Å². The Bertz CT molecular complexity index is 578. The smallest absolute Gasteiger partial charge is 0.308 e. The number of nitrogens with one attached hydrogen (secondary N) is 2. The molecule has 0 fully saturated rings. The van der Waals surface area contributed by atoms with Gasteiger partial charge in [-0.2, -0.15) is 0 Å². The summed E-state index contributed by atoms with van der Waals surface area (Å²) in [6.45, 7) is 3.75. The highest BCUT2D eigenvalue weighted by atomic mass is 35.5. The van der Waals surface area contributed by atoms with Gasteiger partial charge < -0.3 is 5.32 Å². The van der Waals surface area contributed by atoms with E-state index in [2.05, 4.69) is 20.6 Å². The molecule has 98 valence electrons. The molecule has 19 heavy (non-hydrogen) atoms. The number of nitrogens with zero attached hydrogens (tertiary/aromatic N) is 2. The molecule has 0 saturated carbocycles. The van der Waals surface area contributed by atoms with Gasteiger partial charge in [-0.15, -0.1) is 0 Å². The average molecular weight is 277 g/mol. The van der Waals surface area contributed by atoms with Crippen LogP contribution in [0.15, 0.2) is 30.3 Å². The normalized spacial score (nSPS) is 10.1. The minimum atomic E-state index is -0.412. The van der Waals surface area contributed by atoms with Crippen LogP contribution in [0, 0.1) is 13.8 Å². The molecule has 0 aliphatic rings. The van der Waals surface area contributed by atoms with E-state index >= 15 is 0 Å². The second kappa shape index (κ2) is 5.67. The van der Waals surface area contributed by atoms with E-state index in [4.69, 9.17) is 11.6 Å². The molecule has 1 heterocycles. The molecule has 0 bridgehead atoms. The second-order valence-electron chi connectivity index (χ2n) is 4.10. The predicted octanol–water partition coefficient (Wildman–Crippen LogP) is 3.39. The summed E-state index contributed by atoms with van der Waals surface area (Å²) in [5, 5.41) is 5.50. The van der Waals surface area contributed by atoms with E-state index in [0.29, 0.717) is 11.4 Å². The summed E-state index contributed by atoms with van der Waals surface area (Å²) < 4.78 is 0. The maximum atomic E-state index is 11.7. The lowest BCUT2D eigenvalue weighted by atomic mass is 10.2. The fourth-order valence-electron chi connectivity index (χ4n) is 1.49. The van der Waals surface area contributed by atoms with Crippen LogP contribution < -0.4 is 10.6 Å². The summed E-state index contributed by atoms with van der Waals surface area (Å²) in [7, 11) is 0. The molecule has 0 aliphatic carbocycles. The van der Waals surface area contributed by atoms with Gasteiger partial charge in [0.25, 0.3) is 0 Å². The number of aryl methyl sites for hydroxylation is 2. The SMILES string of the molecule is Cc1ccc(NC(=O)Nc2nc(C)cc(Cl)n2)cc1. The van der Waals surface area contributed by atoms with Crippen LogP contribution in [-0.2, 0) is 0 Å². The number of rotatable bonds is 2. The van der Waals surface area contributed by atoms with Crippen molar-refractivity contribution in [2.45, 2.75) is 13.8 Å². The monoisotopic (exact) mass is 276 g/mol. The van der Waals surface area contributed by atoms with Gasteiger partial charge in [-0.3, -0.25) is 5.32 Å². The zero-order valence-electron chi connectivity index (χ0n) is 10.6. The van der Waals surface area contributed by atoms with Crippen molar-refractivity contribution >= 4 is 29.3 Å². The van der Waals surface area contributed by atoms with Crippen molar-refractivity contribution in [2.24, 2.45) is 0 Å². The lowest BCUT2D eigenvalue weighted by Crippen LogP contribution is -2.21. The van der Waals surface area contributed by atoms with Gasteiger partial charge in [-0.05, 0) is 32.0 Å². The number of anilines is 2. The Labute approximate surface area is 116 Å². The summed E-state index contributed by atoms with van der Waals surface area (Å²) >= 11 is 5.79. The number of halogens is 1. The molecule has 2 aromatic rings. The molecular weight excluding hydrogens is 264 g/mol. The third-order valence-corrected chi connectivity index (χ3v) is 2.55. The number of carbonyl (C=O) groups excluding carboxylic acids is 1. The summed E-state index contributed by atoms with van der Waals surface area (Å²) in [6.07, 6.45) is 0. The Balaban J connectivity index is 2.03. The van der Waals surface area contributed by atoms with Gasteiger partial charge in [0.2, 0.25) is 5.95 Å². The Kier molecular flexibility index (Phi) is 3.97. The highest BCUT2D eigenvalue weighted by molar-refractivity contribution is 6.29. The van der Waals surface area contributed by atoms with Gasteiger partial charge in [-0.1, -0.05) is 29.3 Å². The molecule has 5 nitrogen and oxygen atoms in total. The zero-order valence-corrected chi connectivity index (χ0v) is 11.3. The second-order valence-corrected chi connectivity index (χ2v) is 4.49. The largest absolute Gasteiger partial charge is 0.326 e. The van der Waals surface area contributed by atoms with Gasteiger partial charge in [0.15, 0.2) is 0 Å². The molecule has 0 unspecified atom stereocenters. The summed E-state index contributed by atoms with van der Waals surface area (Å²) in [5.74, 6) is 0.176. The van der Waals surface area contributed by atoms with Gasteiger partial charge in [0.05, 0.1) is 0 Å². The van der Waals surface area contributed by atoms with Gasteiger partial charge in [0.1, 0.15) is 5.15 Å². The first-order valence-corrected chi connectivity index (χ1v) is 6.06. The summed E-state index contributed by atoms with van der Waals surface area (Å²) in [5.41, 5.74) is 2.51. The molecule has 1 aromatic carbocycles. The average Bonchev–Trinajstić information content (AvgIpc) is 2.30. The minimum absolute atomic E-state index is 0.176. The van der Waals surface area contributed by atoms with Gasteiger partial charge in [-0.25, -0.2) is 14.8 Å². The van der Waals surface area contributed by atoms with Crippen LogP contribution in [0.5, 0.6) is 0 Å². The third kappa shape index (κ3) is 3.93. The Morgan fingerprint density at radius 3 is 2.42 bits per heavy atom. The summed E-state index contributed by atoms with van der Waals surface area (Å²) in [6, 6.07) is 8.67. The van der Waals surface area contributed by atoms with Gasteiger partial charge >= 0.3 is 6.03 Å². The molecule has 0 radical (unpaired) electrons. The Morgan fingerprint density at radius 2 is 1.79 bits per heavy atom. The first kappa shape index (κ1) is 13.3. The molecule has 0 atom stereocenters. The molecule has 6 heteroatoms. The van der Waals surface area contributed by atoms with E-state index in [9.17, 15) is 4.79 Å². The van der Waals surface area contributed by atoms with Crippen molar-refractivity contribution in [2.75, 3.05) is 10.6 Å². The summed E-state index contributed by atoms with van der Waals surface area (Å²) in [4.78, 5) is 19.7. The minimum Gasteiger partial charge on any atom is -0.308 e. The number of urea groups is 1. The number of benzene rings is 1. The number of hydrogen-bond donors (Lipinski definition) is 2. The van der Waals surface area contributed by atoms with E-state index in [1.807, 2.05) is 31.2 Å². The maximum absolute atomic E-state index is 11.7. The van der Waals surface area contributed by atoms with Gasteiger partial charge in [0, 0.05) is 11.4 Å². The van der Waals surface area contributed by atoms with Crippen LogP contribution in [0.3, 0.4) is 0 Å². The molecule has 0 aliphatic heterocycles. The number of hydrogen-bond acceptors (Lipinski definition) is 3.